The number of hydrogen-bond acceptors (Lipinski definition) is 7. The minimum Gasteiger partial charge on any atom is -0.408 e. The van der Waals surface area contributed by atoms with Crippen molar-refractivity contribution in [1.82, 2.24) is 35.1 Å². The van der Waals surface area contributed by atoms with E-state index < -0.39 is 11.7 Å². The summed E-state index contributed by atoms with van der Waals surface area (Å²) in [5, 5.41) is 13.0. The van der Waals surface area contributed by atoms with Crippen LogP contribution in [0.2, 0.25) is 0 Å². The quantitative estimate of drug-likeness (QED) is 0.321. The molecule has 40 heavy (non-hydrogen) atoms. The van der Waals surface area contributed by atoms with Gasteiger partial charge in [-0.1, -0.05) is 6.07 Å². The van der Waals surface area contributed by atoms with Gasteiger partial charge in [0.05, 0.1) is 11.7 Å². The van der Waals surface area contributed by atoms with Gasteiger partial charge in [0.15, 0.2) is 11.2 Å². The Kier molecular flexibility index (Phi) is 6.20. The molecule has 2 bridgehead atoms. The topological polar surface area (TPSA) is 153 Å². The second kappa shape index (κ2) is 9.61. The molecule has 3 saturated carbocycles. The van der Waals surface area contributed by atoms with Crippen molar-refractivity contribution in [1.29, 1.82) is 0 Å². The summed E-state index contributed by atoms with van der Waals surface area (Å²) in [6, 6.07) is 8.33. The van der Waals surface area contributed by atoms with Crippen molar-refractivity contribution in [3.63, 3.8) is 0 Å². The van der Waals surface area contributed by atoms with E-state index in [2.05, 4.69) is 26.0 Å². The first-order valence-electron chi connectivity index (χ1n) is 13.4. The lowest BCUT2D eigenvalue weighted by molar-refractivity contribution is -0.139. The van der Waals surface area contributed by atoms with Gasteiger partial charge in [0.2, 0.25) is 5.91 Å². The number of aromatic nitrogens is 4. The maximum absolute atomic E-state index is 13.4. The highest BCUT2D eigenvalue weighted by molar-refractivity contribution is 5.98. The molecule has 3 fully saturated rings. The van der Waals surface area contributed by atoms with Crippen LogP contribution in [0.3, 0.4) is 0 Å². The fourth-order valence-corrected chi connectivity index (χ4v) is 6.24. The van der Waals surface area contributed by atoms with Gasteiger partial charge in [-0.3, -0.25) is 19.0 Å². The lowest BCUT2D eigenvalue weighted by Gasteiger charge is -2.52. The summed E-state index contributed by atoms with van der Waals surface area (Å²) in [5.41, 5.74) is 2.28. The molecule has 3 aromatic heterocycles. The number of nitrogens with zero attached hydrogens (tertiary/aromatic N) is 4. The van der Waals surface area contributed by atoms with E-state index in [0.29, 0.717) is 23.3 Å². The van der Waals surface area contributed by atoms with Crippen molar-refractivity contribution in [3.05, 3.63) is 64.0 Å². The van der Waals surface area contributed by atoms with E-state index >= 15 is 0 Å². The fourth-order valence-electron chi connectivity index (χ4n) is 6.24. The zero-order valence-corrected chi connectivity index (χ0v) is 22.5. The van der Waals surface area contributed by atoms with Crippen LogP contribution in [0.5, 0.6) is 0 Å². The van der Waals surface area contributed by atoms with E-state index in [9.17, 15) is 19.2 Å². The summed E-state index contributed by atoms with van der Waals surface area (Å²) >= 11 is 0. The molecule has 1 aromatic carbocycles. The minimum absolute atomic E-state index is 0.0263. The third kappa shape index (κ3) is 4.33. The molecule has 0 saturated heterocycles. The highest BCUT2D eigenvalue weighted by Gasteiger charge is 2.52. The Morgan fingerprint density at radius 3 is 2.48 bits per heavy atom. The summed E-state index contributed by atoms with van der Waals surface area (Å²) in [6.07, 6.45) is 6.69. The van der Waals surface area contributed by atoms with Crippen LogP contribution in [0.1, 0.15) is 65.1 Å². The Balaban J connectivity index is 1.15. The van der Waals surface area contributed by atoms with Crippen LogP contribution in [0.25, 0.3) is 16.7 Å². The minimum atomic E-state index is -0.455. The number of rotatable bonds is 7. The second-order valence-corrected chi connectivity index (χ2v) is 11.1. The normalized spacial score (nSPS) is 21.9. The van der Waals surface area contributed by atoms with Crippen LogP contribution in [0, 0.1) is 10.8 Å². The van der Waals surface area contributed by atoms with Gasteiger partial charge in [0.1, 0.15) is 11.4 Å². The van der Waals surface area contributed by atoms with E-state index in [1.807, 2.05) is 0 Å². The van der Waals surface area contributed by atoms with Crippen LogP contribution in [-0.4, -0.2) is 50.5 Å². The molecular formula is C28H31N7O5. The molecular weight excluding hydrogens is 514 g/mol. The number of hydrogen-bond donors (Lipinski definition) is 3. The summed E-state index contributed by atoms with van der Waals surface area (Å²) in [4.78, 5) is 55.0. The van der Waals surface area contributed by atoms with Crippen LogP contribution >= 0.6 is 0 Å². The number of nitrogens with one attached hydrogen (secondary N) is 3. The van der Waals surface area contributed by atoms with Crippen molar-refractivity contribution in [2.45, 2.75) is 45.1 Å². The van der Waals surface area contributed by atoms with Gasteiger partial charge in [0.25, 0.3) is 11.8 Å². The van der Waals surface area contributed by atoms with Gasteiger partial charge < -0.3 is 20.4 Å². The molecule has 0 radical (unpaired) electrons. The van der Waals surface area contributed by atoms with E-state index in [1.54, 1.807) is 38.4 Å². The van der Waals surface area contributed by atoms with Gasteiger partial charge >= 0.3 is 5.76 Å². The Hall–Kier alpha value is -4.48. The number of carbonyl (C=O) groups excluding carboxylic acids is 3. The maximum atomic E-state index is 13.4. The first-order valence-corrected chi connectivity index (χ1v) is 13.4. The molecule has 3 amide bonds. The fraction of sp³-hybridized carbons (Fsp3) is 0.429. The van der Waals surface area contributed by atoms with Crippen LogP contribution < -0.4 is 21.7 Å². The molecule has 0 atom stereocenters. The highest BCUT2D eigenvalue weighted by Crippen LogP contribution is 2.56. The largest absolute Gasteiger partial charge is 0.419 e. The SMILES string of the molecule is CNC(=O)C12CCC(CNC(=O)c3cc(C(=O)NCc4ccc5oc(=O)n(C)c5c4)nc4ccnn34)(CC1)CC2. The zero-order valence-electron chi connectivity index (χ0n) is 22.5. The first-order chi connectivity index (χ1) is 19.2. The Morgan fingerprint density at radius 2 is 1.75 bits per heavy atom. The molecule has 12 nitrogen and oxygen atoms in total. The van der Waals surface area contributed by atoms with Crippen LogP contribution in [-0.2, 0) is 18.4 Å². The number of oxazole rings is 1. The van der Waals surface area contributed by atoms with Crippen molar-refractivity contribution in [3.8, 4) is 0 Å². The standard InChI is InChI=1S/C28H31N7O5/c1-29-25(38)28-9-6-27(7-10-28,8-11-28)16-31-24(37)20-14-18(33-22-5-12-32-35(20)22)23(36)30-15-17-3-4-21-19(13-17)34(2)26(39)40-21/h3-5,12-14H,6-11,15-16H2,1-2H3,(H,29,38)(H,30,36)(H,31,37). The predicted octanol–water partition coefficient (Wildman–Crippen LogP) is 1.92. The van der Waals surface area contributed by atoms with Gasteiger partial charge in [-0.2, -0.15) is 5.10 Å². The Morgan fingerprint density at radius 1 is 1.00 bits per heavy atom. The zero-order chi connectivity index (χ0) is 28.1. The average molecular weight is 546 g/mol. The monoisotopic (exact) mass is 545 g/mol. The van der Waals surface area contributed by atoms with E-state index in [4.69, 9.17) is 4.42 Å². The summed E-state index contributed by atoms with van der Waals surface area (Å²) in [5.74, 6) is -1.10. The Labute approximate surface area is 229 Å². The molecule has 12 heteroatoms. The molecule has 0 unspecified atom stereocenters. The molecule has 0 aliphatic heterocycles. The third-order valence-electron chi connectivity index (χ3n) is 8.87. The molecule has 3 aliphatic rings. The van der Waals surface area contributed by atoms with Gasteiger partial charge in [-0.15, -0.1) is 0 Å². The van der Waals surface area contributed by atoms with Crippen LogP contribution in [0.4, 0.5) is 0 Å². The molecule has 208 valence electrons. The second-order valence-electron chi connectivity index (χ2n) is 11.1. The molecule has 4 aromatic rings. The van der Waals surface area contributed by atoms with Crippen molar-refractivity contribution < 1.29 is 18.8 Å². The molecule has 7 rings (SSSR count). The summed E-state index contributed by atoms with van der Waals surface area (Å²) in [6.45, 7) is 0.698. The lowest BCUT2D eigenvalue weighted by Crippen LogP contribution is -2.52. The third-order valence-corrected chi connectivity index (χ3v) is 8.87. The molecule has 0 spiro atoms. The van der Waals surface area contributed by atoms with Crippen molar-refractivity contribution in [2.75, 3.05) is 13.6 Å². The van der Waals surface area contributed by atoms with Gasteiger partial charge in [0, 0.05) is 44.7 Å². The van der Waals surface area contributed by atoms with E-state index in [-0.39, 0.29) is 40.6 Å². The maximum Gasteiger partial charge on any atom is 0.419 e. The predicted molar refractivity (Wildman–Crippen MR) is 145 cm³/mol. The first kappa shape index (κ1) is 25.8. The number of amides is 3. The Bertz CT molecular complexity index is 1690. The number of carbonyl (C=O) groups is 3. The number of aryl methyl sites for hydroxylation is 1. The molecule has 3 N–H and O–H groups in total. The van der Waals surface area contributed by atoms with Crippen molar-refractivity contribution in [2.24, 2.45) is 17.9 Å². The van der Waals surface area contributed by atoms with Gasteiger partial charge in [-0.25, -0.2) is 14.3 Å². The van der Waals surface area contributed by atoms with Gasteiger partial charge in [-0.05, 0) is 61.6 Å². The number of benzene rings is 1. The molecule has 3 heterocycles. The summed E-state index contributed by atoms with van der Waals surface area (Å²) in [7, 11) is 3.31. The lowest BCUT2D eigenvalue weighted by atomic mass is 9.53. The average Bonchev–Trinajstić information content (AvgIpc) is 3.58. The highest BCUT2D eigenvalue weighted by atomic mass is 16.4. The number of fused-ring (bicyclic) bond motifs is 5. The van der Waals surface area contributed by atoms with Crippen LogP contribution in [0.15, 0.2) is 45.7 Å². The summed E-state index contributed by atoms with van der Waals surface area (Å²) < 4.78 is 7.99. The smallest absolute Gasteiger partial charge is 0.408 e. The molecule has 3 aliphatic carbocycles. The van der Waals surface area contributed by atoms with Crippen molar-refractivity contribution >= 4 is 34.5 Å². The van der Waals surface area contributed by atoms with E-state index in [1.165, 1.54) is 21.3 Å². The van der Waals surface area contributed by atoms with E-state index in [0.717, 1.165) is 44.1 Å².